The van der Waals surface area contributed by atoms with Crippen LogP contribution in [0.25, 0.3) is 0 Å². The second-order valence-corrected chi connectivity index (χ2v) is 4.86. The smallest absolute Gasteiger partial charge is 0.264 e. The molecule has 0 amide bonds. The van der Waals surface area contributed by atoms with Gasteiger partial charge in [-0.05, 0) is 13.8 Å². The molecule has 0 bridgehead atoms. The molecule has 0 spiro atoms. The molecule has 0 saturated carbocycles. The Balaban J connectivity index is 2.60. The highest BCUT2D eigenvalue weighted by molar-refractivity contribution is 7.85. The first-order valence-corrected chi connectivity index (χ1v) is 6.05. The third-order valence-electron chi connectivity index (χ3n) is 1.86. The van der Waals surface area contributed by atoms with E-state index in [1.807, 2.05) is 18.4 Å². The minimum atomic E-state index is -3.36. The van der Waals surface area contributed by atoms with Crippen LogP contribution in [0, 0.1) is 6.92 Å². The van der Waals surface area contributed by atoms with Gasteiger partial charge in [0.25, 0.3) is 10.1 Å². The average Bonchev–Trinajstić information content (AvgIpc) is 2.46. The summed E-state index contributed by atoms with van der Waals surface area (Å²) < 4.78 is 28.0. The van der Waals surface area contributed by atoms with Crippen molar-refractivity contribution in [3.8, 4) is 0 Å². The predicted molar refractivity (Wildman–Crippen MR) is 52.5 cm³/mol. The van der Waals surface area contributed by atoms with Crippen molar-refractivity contribution < 1.29 is 12.6 Å². The summed E-state index contributed by atoms with van der Waals surface area (Å²) in [5, 5.41) is 0. The van der Waals surface area contributed by atoms with Gasteiger partial charge in [0, 0.05) is 12.4 Å². The fraction of sp³-hybridized carbons (Fsp3) is 0.625. The fourth-order valence-electron chi connectivity index (χ4n) is 1.16. The minimum absolute atomic E-state index is 0.0350. The molecular weight excluding hydrogens is 204 g/mol. The highest BCUT2D eigenvalue weighted by Crippen LogP contribution is 2.09. The van der Waals surface area contributed by atoms with Crippen molar-refractivity contribution in [2.45, 2.75) is 19.9 Å². The Morgan fingerprint density at radius 2 is 2.29 bits per heavy atom. The molecule has 0 aliphatic heterocycles. The lowest BCUT2D eigenvalue weighted by Crippen LogP contribution is -2.15. The van der Waals surface area contributed by atoms with Crippen LogP contribution in [0.2, 0.25) is 0 Å². The molecule has 0 saturated heterocycles. The second-order valence-electron chi connectivity index (χ2n) is 3.22. The molecule has 14 heavy (non-hydrogen) atoms. The molecule has 6 heteroatoms. The van der Waals surface area contributed by atoms with Gasteiger partial charge in [-0.3, -0.25) is 4.18 Å². The van der Waals surface area contributed by atoms with E-state index in [0.717, 1.165) is 12.1 Å². The second kappa shape index (κ2) is 4.10. The van der Waals surface area contributed by atoms with Crippen molar-refractivity contribution >= 4 is 10.1 Å². The number of aryl methyl sites for hydroxylation is 1. The van der Waals surface area contributed by atoms with Crippen molar-refractivity contribution in [2.75, 3.05) is 12.9 Å². The highest BCUT2D eigenvalue weighted by Gasteiger charge is 2.10. The van der Waals surface area contributed by atoms with Crippen LogP contribution < -0.4 is 0 Å². The van der Waals surface area contributed by atoms with E-state index in [0.29, 0.717) is 0 Å². The Bertz CT molecular complexity index is 396. The summed E-state index contributed by atoms with van der Waals surface area (Å²) in [5.74, 6) is 0.842. The molecule has 0 aromatic carbocycles. The van der Waals surface area contributed by atoms with E-state index in [1.165, 1.54) is 0 Å². The number of imidazole rings is 1. The molecule has 0 N–H and O–H groups in total. The van der Waals surface area contributed by atoms with Crippen LogP contribution >= 0.6 is 0 Å². The van der Waals surface area contributed by atoms with E-state index in [1.54, 1.807) is 12.4 Å². The Hall–Kier alpha value is -0.880. The standard InChI is InChI=1S/C8H14N2O3S/c1-7(6-13-14(3,11)12)10-5-4-9-8(10)2/h4-5,7H,6H2,1-3H3. The maximum Gasteiger partial charge on any atom is 0.264 e. The van der Waals surface area contributed by atoms with Crippen molar-refractivity contribution in [1.29, 1.82) is 0 Å². The van der Waals surface area contributed by atoms with E-state index in [2.05, 4.69) is 4.98 Å². The van der Waals surface area contributed by atoms with Crippen molar-refractivity contribution in [1.82, 2.24) is 9.55 Å². The Morgan fingerprint density at radius 1 is 1.64 bits per heavy atom. The van der Waals surface area contributed by atoms with Gasteiger partial charge in [-0.1, -0.05) is 0 Å². The first-order chi connectivity index (χ1) is 6.40. The summed E-state index contributed by atoms with van der Waals surface area (Å²) in [5.41, 5.74) is 0. The number of hydrogen-bond donors (Lipinski definition) is 0. The molecule has 0 aliphatic rings. The third-order valence-corrected chi connectivity index (χ3v) is 2.42. The molecular formula is C8H14N2O3S. The van der Waals surface area contributed by atoms with Gasteiger partial charge in [-0.2, -0.15) is 8.42 Å². The molecule has 0 aliphatic carbocycles. The van der Waals surface area contributed by atoms with Gasteiger partial charge in [-0.25, -0.2) is 4.98 Å². The Kier molecular flexibility index (Phi) is 3.28. The van der Waals surface area contributed by atoms with Gasteiger partial charge in [0.15, 0.2) is 0 Å². The Labute approximate surface area is 83.8 Å². The lowest BCUT2D eigenvalue weighted by atomic mass is 10.3. The molecule has 1 rings (SSSR count). The lowest BCUT2D eigenvalue weighted by molar-refractivity contribution is 0.266. The zero-order valence-corrected chi connectivity index (χ0v) is 9.28. The molecule has 1 unspecified atom stereocenters. The van der Waals surface area contributed by atoms with Crippen molar-refractivity contribution in [2.24, 2.45) is 0 Å². The summed E-state index contributed by atoms with van der Waals surface area (Å²) in [6.07, 6.45) is 4.51. The fourth-order valence-corrected chi connectivity index (χ4v) is 1.60. The molecule has 1 aromatic rings. The molecule has 0 radical (unpaired) electrons. The monoisotopic (exact) mass is 218 g/mol. The first-order valence-electron chi connectivity index (χ1n) is 4.24. The zero-order chi connectivity index (χ0) is 10.8. The van der Waals surface area contributed by atoms with Crippen LogP contribution in [0.1, 0.15) is 18.8 Å². The number of hydrogen-bond acceptors (Lipinski definition) is 4. The maximum atomic E-state index is 10.7. The summed E-state index contributed by atoms with van der Waals surface area (Å²) in [6.45, 7) is 3.87. The van der Waals surface area contributed by atoms with Gasteiger partial charge in [-0.15, -0.1) is 0 Å². The normalized spacial score (nSPS) is 14.2. The topological polar surface area (TPSA) is 61.2 Å². The average molecular weight is 218 g/mol. The van der Waals surface area contributed by atoms with Crippen molar-refractivity contribution in [3.05, 3.63) is 18.2 Å². The molecule has 80 valence electrons. The Morgan fingerprint density at radius 3 is 2.71 bits per heavy atom. The number of aromatic nitrogens is 2. The molecule has 0 fully saturated rings. The van der Waals surface area contributed by atoms with E-state index < -0.39 is 10.1 Å². The lowest BCUT2D eigenvalue weighted by Gasteiger charge is -2.13. The number of nitrogens with zero attached hydrogens (tertiary/aromatic N) is 2. The van der Waals surface area contributed by atoms with Crippen LogP contribution in [0.5, 0.6) is 0 Å². The van der Waals surface area contributed by atoms with E-state index in [-0.39, 0.29) is 12.6 Å². The molecule has 5 nitrogen and oxygen atoms in total. The SMILES string of the molecule is Cc1nccn1C(C)COS(C)(=O)=O. The largest absolute Gasteiger partial charge is 0.330 e. The summed E-state index contributed by atoms with van der Waals surface area (Å²) in [7, 11) is -3.36. The number of rotatable bonds is 4. The van der Waals surface area contributed by atoms with E-state index in [9.17, 15) is 8.42 Å². The van der Waals surface area contributed by atoms with Crippen LogP contribution in [0.15, 0.2) is 12.4 Å². The molecule has 1 heterocycles. The minimum Gasteiger partial charge on any atom is -0.330 e. The van der Waals surface area contributed by atoms with Crippen LogP contribution in [0.3, 0.4) is 0 Å². The van der Waals surface area contributed by atoms with Gasteiger partial charge >= 0.3 is 0 Å². The van der Waals surface area contributed by atoms with Gasteiger partial charge in [0.2, 0.25) is 0 Å². The maximum absolute atomic E-state index is 10.7. The van der Waals surface area contributed by atoms with Crippen LogP contribution in [-0.2, 0) is 14.3 Å². The quantitative estimate of drug-likeness (QED) is 0.699. The van der Waals surface area contributed by atoms with Gasteiger partial charge < -0.3 is 4.57 Å². The molecule has 1 aromatic heterocycles. The summed E-state index contributed by atoms with van der Waals surface area (Å²) >= 11 is 0. The van der Waals surface area contributed by atoms with E-state index >= 15 is 0 Å². The predicted octanol–water partition coefficient (Wildman–Crippen LogP) is 0.729. The molecule has 1 atom stereocenters. The van der Waals surface area contributed by atoms with Gasteiger partial charge in [0.1, 0.15) is 5.82 Å². The van der Waals surface area contributed by atoms with Crippen LogP contribution in [-0.4, -0.2) is 30.8 Å². The summed E-state index contributed by atoms with van der Waals surface area (Å²) in [6, 6.07) is -0.0350. The van der Waals surface area contributed by atoms with E-state index in [4.69, 9.17) is 4.18 Å². The zero-order valence-electron chi connectivity index (χ0n) is 8.47. The first kappa shape index (κ1) is 11.2. The third kappa shape index (κ3) is 3.12. The van der Waals surface area contributed by atoms with Crippen LogP contribution in [0.4, 0.5) is 0 Å². The summed E-state index contributed by atoms with van der Waals surface area (Å²) in [4.78, 5) is 4.04. The highest BCUT2D eigenvalue weighted by atomic mass is 32.2. The van der Waals surface area contributed by atoms with Gasteiger partial charge in [0.05, 0.1) is 18.9 Å². The van der Waals surface area contributed by atoms with Crippen molar-refractivity contribution in [3.63, 3.8) is 0 Å².